The Morgan fingerprint density at radius 2 is 1.85 bits per heavy atom. The van der Waals surface area contributed by atoms with Crippen LogP contribution in [0.5, 0.6) is 0 Å². The van der Waals surface area contributed by atoms with Gasteiger partial charge in [-0.1, -0.05) is 49.0 Å². The van der Waals surface area contributed by atoms with Crippen molar-refractivity contribution in [3.63, 3.8) is 0 Å². The van der Waals surface area contributed by atoms with Gasteiger partial charge in [0.15, 0.2) is 5.17 Å². The number of rotatable bonds is 4. The topological polar surface area (TPSA) is 44.6 Å². The molecule has 1 aromatic heterocycles. The maximum absolute atomic E-state index is 4.82. The van der Waals surface area contributed by atoms with Gasteiger partial charge in [-0.3, -0.25) is 9.98 Å². The third-order valence-electron chi connectivity index (χ3n) is 4.49. The van der Waals surface area contributed by atoms with Crippen LogP contribution in [-0.4, -0.2) is 58.0 Å². The quantitative estimate of drug-likeness (QED) is 0.752. The molecule has 0 amide bonds. The van der Waals surface area contributed by atoms with E-state index in [1.54, 1.807) is 11.8 Å². The standard InChI is InChI=1S/C19H23N5S2/c1-15-11-21-19(26-15)24-9-7-23(8-10-24)17-12-20-13-18(22-17)25-14-16-5-3-2-4-6-16/h2-6,12-13,15H,7-11,14H2,1H3. The molecule has 1 atom stereocenters. The summed E-state index contributed by atoms with van der Waals surface area (Å²) in [4.78, 5) is 18.6. The fraction of sp³-hybridized carbons (Fsp3) is 0.421. The van der Waals surface area contributed by atoms with Crippen molar-refractivity contribution in [3.8, 4) is 0 Å². The van der Waals surface area contributed by atoms with Gasteiger partial charge < -0.3 is 9.80 Å². The van der Waals surface area contributed by atoms with Crippen LogP contribution in [0.4, 0.5) is 5.82 Å². The zero-order chi connectivity index (χ0) is 17.8. The SMILES string of the molecule is CC1CN=C(N2CCN(c3cncc(SCc4ccccc4)n3)CC2)S1. The second-order valence-electron chi connectivity index (χ2n) is 6.52. The van der Waals surface area contributed by atoms with E-state index < -0.39 is 0 Å². The fourth-order valence-electron chi connectivity index (χ4n) is 3.05. The van der Waals surface area contributed by atoms with Gasteiger partial charge in [0.25, 0.3) is 0 Å². The molecule has 1 aromatic carbocycles. The molecule has 2 aliphatic rings. The Morgan fingerprint density at radius 1 is 1.08 bits per heavy atom. The highest BCUT2D eigenvalue weighted by molar-refractivity contribution is 8.14. The molecule has 0 radical (unpaired) electrons. The lowest BCUT2D eigenvalue weighted by Gasteiger charge is -2.36. The van der Waals surface area contributed by atoms with Gasteiger partial charge in [0, 0.05) is 37.2 Å². The summed E-state index contributed by atoms with van der Waals surface area (Å²) in [6.07, 6.45) is 3.74. The molecular weight excluding hydrogens is 362 g/mol. The third-order valence-corrected chi connectivity index (χ3v) is 6.61. The van der Waals surface area contributed by atoms with E-state index in [1.807, 2.05) is 30.2 Å². The lowest BCUT2D eigenvalue weighted by atomic mass is 10.2. The van der Waals surface area contributed by atoms with Crippen molar-refractivity contribution in [1.82, 2.24) is 14.9 Å². The maximum atomic E-state index is 4.82. The van der Waals surface area contributed by atoms with Crippen molar-refractivity contribution in [1.29, 1.82) is 0 Å². The molecule has 0 aliphatic carbocycles. The van der Waals surface area contributed by atoms with E-state index >= 15 is 0 Å². The first-order valence-corrected chi connectivity index (χ1v) is 10.8. The first-order valence-electron chi connectivity index (χ1n) is 8.98. The maximum Gasteiger partial charge on any atom is 0.159 e. The Balaban J connectivity index is 1.34. The number of thioether (sulfide) groups is 2. The van der Waals surface area contributed by atoms with Crippen LogP contribution < -0.4 is 4.90 Å². The lowest BCUT2D eigenvalue weighted by Crippen LogP contribution is -2.48. The summed E-state index contributed by atoms with van der Waals surface area (Å²) in [5.41, 5.74) is 1.31. The molecule has 26 heavy (non-hydrogen) atoms. The van der Waals surface area contributed by atoms with E-state index in [1.165, 1.54) is 10.7 Å². The molecule has 1 unspecified atom stereocenters. The van der Waals surface area contributed by atoms with Crippen LogP contribution in [0.2, 0.25) is 0 Å². The number of piperazine rings is 1. The summed E-state index contributed by atoms with van der Waals surface area (Å²) in [7, 11) is 0. The highest BCUT2D eigenvalue weighted by atomic mass is 32.2. The first-order chi connectivity index (χ1) is 12.8. The third kappa shape index (κ3) is 4.32. The number of hydrogen-bond acceptors (Lipinski definition) is 7. The van der Waals surface area contributed by atoms with Gasteiger partial charge >= 0.3 is 0 Å². The van der Waals surface area contributed by atoms with E-state index in [0.29, 0.717) is 5.25 Å². The molecular formula is C19H23N5S2. The van der Waals surface area contributed by atoms with Crippen LogP contribution in [0.15, 0.2) is 52.7 Å². The normalized spacial score (nSPS) is 20.3. The van der Waals surface area contributed by atoms with Crippen molar-refractivity contribution >= 4 is 34.5 Å². The molecule has 3 heterocycles. The van der Waals surface area contributed by atoms with Gasteiger partial charge in [-0.2, -0.15) is 0 Å². The zero-order valence-corrected chi connectivity index (χ0v) is 16.5. The van der Waals surface area contributed by atoms with E-state index in [9.17, 15) is 0 Å². The molecule has 5 nitrogen and oxygen atoms in total. The second kappa shape index (κ2) is 8.31. The van der Waals surface area contributed by atoms with E-state index in [-0.39, 0.29) is 0 Å². The molecule has 1 saturated heterocycles. The number of aliphatic imine (C=N–C) groups is 1. The Bertz CT molecular complexity index is 760. The van der Waals surface area contributed by atoms with E-state index in [2.05, 4.69) is 51.0 Å². The Kier molecular flexibility index (Phi) is 5.65. The largest absolute Gasteiger partial charge is 0.352 e. The number of amidine groups is 1. The van der Waals surface area contributed by atoms with Crippen LogP contribution in [0.1, 0.15) is 12.5 Å². The molecule has 0 saturated carbocycles. The smallest absolute Gasteiger partial charge is 0.159 e. The van der Waals surface area contributed by atoms with E-state index in [0.717, 1.165) is 49.3 Å². The van der Waals surface area contributed by atoms with Crippen molar-refractivity contribution in [2.45, 2.75) is 23.0 Å². The molecule has 136 valence electrons. The fourth-order valence-corrected chi connectivity index (χ4v) is 4.84. The average Bonchev–Trinajstić information content (AvgIpc) is 3.14. The van der Waals surface area contributed by atoms with Crippen LogP contribution in [0, 0.1) is 0 Å². The highest BCUT2D eigenvalue weighted by Crippen LogP contribution is 2.26. The van der Waals surface area contributed by atoms with Crippen molar-refractivity contribution in [3.05, 3.63) is 48.3 Å². The summed E-state index contributed by atoms with van der Waals surface area (Å²) >= 11 is 3.64. The lowest BCUT2D eigenvalue weighted by molar-refractivity contribution is 0.390. The van der Waals surface area contributed by atoms with Gasteiger partial charge in [-0.15, -0.1) is 11.8 Å². The van der Waals surface area contributed by atoms with Crippen LogP contribution in [-0.2, 0) is 5.75 Å². The molecule has 2 aliphatic heterocycles. The van der Waals surface area contributed by atoms with Gasteiger partial charge in [0.05, 0.1) is 18.9 Å². The minimum absolute atomic E-state index is 0.618. The summed E-state index contributed by atoms with van der Waals surface area (Å²) in [5.74, 6) is 1.90. The zero-order valence-electron chi connectivity index (χ0n) is 14.9. The molecule has 0 N–H and O–H groups in total. The number of aromatic nitrogens is 2. The minimum atomic E-state index is 0.618. The van der Waals surface area contributed by atoms with Gasteiger partial charge in [-0.25, -0.2) is 4.98 Å². The van der Waals surface area contributed by atoms with Crippen molar-refractivity contribution in [2.24, 2.45) is 4.99 Å². The highest BCUT2D eigenvalue weighted by Gasteiger charge is 2.25. The monoisotopic (exact) mass is 385 g/mol. The number of hydrogen-bond donors (Lipinski definition) is 0. The number of benzene rings is 1. The van der Waals surface area contributed by atoms with Crippen LogP contribution in [0.3, 0.4) is 0 Å². The number of anilines is 1. The van der Waals surface area contributed by atoms with Gasteiger partial charge in [0.1, 0.15) is 10.8 Å². The minimum Gasteiger partial charge on any atom is -0.352 e. The molecule has 1 fully saturated rings. The predicted octanol–water partition coefficient (Wildman–Crippen LogP) is 3.38. The van der Waals surface area contributed by atoms with Crippen molar-refractivity contribution in [2.75, 3.05) is 37.6 Å². The summed E-state index contributed by atoms with van der Waals surface area (Å²) in [6.45, 7) is 7.13. The molecule has 2 aromatic rings. The van der Waals surface area contributed by atoms with Crippen molar-refractivity contribution < 1.29 is 0 Å². The second-order valence-corrected chi connectivity index (χ2v) is 8.92. The predicted molar refractivity (Wildman–Crippen MR) is 111 cm³/mol. The summed E-state index contributed by atoms with van der Waals surface area (Å²) in [6, 6.07) is 10.5. The van der Waals surface area contributed by atoms with Gasteiger partial charge in [-0.05, 0) is 5.56 Å². The van der Waals surface area contributed by atoms with Crippen LogP contribution >= 0.6 is 23.5 Å². The molecule has 7 heteroatoms. The molecule has 4 rings (SSSR count). The Morgan fingerprint density at radius 3 is 2.58 bits per heavy atom. The van der Waals surface area contributed by atoms with Gasteiger partial charge in [0.2, 0.25) is 0 Å². The summed E-state index contributed by atoms with van der Waals surface area (Å²) < 4.78 is 0. The molecule has 0 bridgehead atoms. The summed E-state index contributed by atoms with van der Waals surface area (Å²) in [5, 5.41) is 2.82. The number of nitrogens with zero attached hydrogens (tertiary/aromatic N) is 5. The first kappa shape index (κ1) is 17.7. The Hall–Kier alpha value is -1.73. The molecule has 0 spiro atoms. The Labute approximate surface area is 163 Å². The average molecular weight is 386 g/mol. The van der Waals surface area contributed by atoms with E-state index in [4.69, 9.17) is 4.98 Å². The van der Waals surface area contributed by atoms with Crippen LogP contribution in [0.25, 0.3) is 0 Å².